The molecule has 6 heteroatoms. The smallest absolute Gasteiger partial charge is 0.541 e. The number of hydrogen-bond donors (Lipinski definition) is 2. The Hall–Kier alpha value is 0.276. The van der Waals surface area contributed by atoms with Crippen LogP contribution in [0, 0.1) is 0 Å². The van der Waals surface area contributed by atoms with Crippen LogP contribution in [0.3, 0.4) is 0 Å². The zero-order valence-electron chi connectivity index (χ0n) is 16.3. The number of likely N-dealkylation sites (N-methyl/N-ethyl adjacent to an activating group) is 1. The van der Waals surface area contributed by atoms with Gasteiger partial charge in [0.15, 0.2) is 0 Å². The van der Waals surface area contributed by atoms with E-state index < -0.39 is 0 Å². The molecular formula is C18H35KN2O3. The second-order valence-corrected chi connectivity index (χ2v) is 4.96. The summed E-state index contributed by atoms with van der Waals surface area (Å²) in [5, 5.41) is 5.37. The number of alkyl carbamates (subject to hydrolysis) is 1. The standard InChI is InChI=1S/C13H23NO2.C3H6NO.C2H6.K/c1-2-3-11-14-13(15)16-12-9-7-5-4-6-8-10-12;1-4-2-3-5;1-2;/h7,9,12H,2-6,8,10-11H2,1H3,(H,14,15);4H,2H2,1H3;1-2H3;/q;-1;;+1/b9-7+;;;. The second kappa shape index (κ2) is 25.5. The molecule has 0 saturated carbocycles. The van der Waals surface area contributed by atoms with Crippen molar-refractivity contribution in [3.8, 4) is 0 Å². The van der Waals surface area contributed by atoms with E-state index in [1.165, 1.54) is 12.8 Å². The minimum Gasteiger partial charge on any atom is -0.541 e. The van der Waals surface area contributed by atoms with Gasteiger partial charge in [0.25, 0.3) is 0 Å². The van der Waals surface area contributed by atoms with Gasteiger partial charge in [0.05, 0.1) is 0 Å². The molecule has 1 aliphatic rings. The van der Waals surface area contributed by atoms with Crippen molar-refractivity contribution in [3.05, 3.63) is 12.2 Å². The molecule has 0 aromatic rings. The maximum Gasteiger partial charge on any atom is 1.00 e. The van der Waals surface area contributed by atoms with E-state index in [1.807, 2.05) is 19.9 Å². The molecule has 1 atom stereocenters. The van der Waals surface area contributed by atoms with Crippen LogP contribution in [0.15, 0.2) is 12.2 Å². The Morgan fingerprint density at radius 3 is 2.54 bits per heavy atom. The van der Waals surface area contributed by atoms with Crippen LogP contribution < -0.4 is 62.0 Å². The number of amides is 1. The molecule has 0 aliphatic heterocycles. The van der Waals surface area contributed by atoms with Gasteiger partial charge in [-0.05, 0) is 45.2 Å². The van der Waals surface area contributed by atoms with Crippen LogP contribution in [0.2, 0.25) is 0 Å². The van der Waals surface area contributed by atoms with E-state index in [2.05, 4.69) is 23.6 Å². The quantitative estimate of drug-likeness (QED) is 0.315. The molecule has 0 heterocycles. The van der Waals surface area contributed by atoms with Crippen molar-refractivity contribution in [2.24, 2.45) is 0 Å². The first kappa shape index (κ1) is 29.1. The van der Waals surface area contributed by atoms with Crippen LogP contribution in [0.25, 0.3) is 0 Å². The van der Waals surface area contributed by atoms with E-state index >= 15 is 0 Å². The summed E-state index contributed by atoms with van der Waals surface area (Å²) in [6.07, 6.45) is 13.3. The van der Waals surface area contributed by atoms with Gasteiger partial charge in [-0.3, -0.25) is 6.29 Å². The summed E-state index contributed by atoms with van der Waals surface area (Å²) in [7, 11) is 1.70. The number of carbonyl (C=O) groups is 1. The van der Waals surface area contributed by atoms with E-state index in [4.69, 9.17) is 4.74 Å². The monoisotopic (exact) mass is 366 g/mol. The van der Waals surface area contributed by atoms with E-state index in [-0.39, 0.29) is 63.6 Å². The summed E-state index contributed by atoms with van der Waals surface area (Å²) in [5.74, 6) is 0. The normalized spacial score (nSPS) is 17.1. The third-order valence-corrected chi connectivity index (χ3v) is 3.02. The Kier molecular flexibility index (Phi) is 30.9. The molecule has 0 aromatic carbocycles. The zero-order valence-corrected chi connectivity index (χ0v) is 19.4. The van der Waals surface area contributed by atoms with Crippen molar-refractivity contribution in [1.29, 1.82) is 0 Å². The number of allylic oxidation sites excluding steroid dienone is 1. The van der Waals surface area contributed by atoms with E-state index in [9.17, 15) is 9.59 Å². The summed E-state index contributed by atoms with van der Waals surface area (Å²) in [6.45, 7) is 7.15. The fourth-order valence-corrected chi connectivity index (χ4v) is 1.85. The first-order valence-electron chi connectivity index (χ1n) is 8.85. The van der Waals surface area contributed by atoms with Crippen molar-refractivity contribution < 1.29 is 65.7 Å². The van der Waals surface area contributed by atoms with Crippen LogP contribution in [-0.2, 0) is 9.53 Å². The third kappa shape index (κ3) is 22.3. The Bertz CT molecular complexity index is 300. The summed E-state index contributed by atoms with van der Waals surface area (Å²) < 4.78 is 5.34. The minimum absolute atomic E-state index is 0. The fraction of sp³-hybridized carbons (Fsp3) is 0.778. The molecule has 0 saturated heterocycles. The van der Waals surface area contributed by atoms with Crippen molar-refractivity contribution in [2.45, 2.75) is 71.8 Å². The molecule has 1 rings (SSSR count). The molecule has 5 nitrogen and oxygen atoms in total. The summed E-state index contributed by atoms with van der Waals surface area (Å²) in [5.41, 5.74) is 0. The fourth-order valence-electron chi connectivity index (χ4n) is 1.85. The maximum absolute atomic E-state index is 11.4. The molecule has 0 spiro atoms. The molecule has 1 amide bonds. The number of ether oxygens (including phenoxy) is 1. The number of carbonyl (C=O) groups excluding carboxylic acids is 2. The average Bonchev–Trinajstić information content (AvgIpc) is 2.53. The number of hydrogen-bond acceptors (Lipinski definition) is 4. The molecule has 1 unspecified atom stereocenters. The topological polar surface area (TPSA) is 67.4 Å². The molecule has 24 heavy (non-hydrogen) atoms. The van der Waals surface area contributed by atoms with Gasteiger partial charge in [-0.25, -0.2) is 4.79 Å². The Morgan fingerprint density at radius 2 is 2.00 bits per heavy atom. The number of unbranched alkanes of at least 4 members (excludes halogenated alkanes) is 1. The largest absolute Gasteiger partial charge is 1.00 e. The average molecular weight is 367 g/mol. The van der Waals surface area contributed by atoms with Crippen LogP contribution in [0.4, 0.5) is 4.79 Å². The summed E-state index contributed by atoms with van der Waals surface area (Å²) in [6, 6.07) is 0. The van der Waals surface area contributed by atoms with E-state index in [1.54, 1.807) is 13.3 Å². The van der Waals surface area contributed by atoms with Gasteiger partial charge >= 0.3 is 57.5 Å². The van der Waals surface area contributed by atoms with Crippen molar-refractivity contribution >= 4 is 12.4 Å². The minimum atomic E-state index is -0.274. The first-order valence-corrected chi connectivity index (χ1v) is 8.85. The van der Waals surface area contributed by atoms with Crippen LogP contribution in [-0.4, -0.2) is 38.6 Å². The molecule has 2 N–H and O–H groups in total. The Morgan fingerprint density at radius 1 is 1.29 bits per heavy atom. The van der Waals surface area contributed by atoms with E-state index in [0.29, 0.717) is 13.1 Å². The molecule has 0 fully saturated rings. The van der Waals surface area contributed by atoms with Gasteiger partial charge in [0, 0.05) is 6.54 Å². The van der Waals surface area contributed by atoms with Gasteiger partial charge in [0.1, 0.15) is 6.10 Å². The Labute approximate surface area is 191 Å². The molecule has 1 aliphatic carbocycles. The number of rotatable bonds is 6. The van der Waals surface area contributed by atoms with Crippen LogP contribution in [0.5, 0.6) is 0 Å². The molecule has 0 bridgehead atoms. The maximum atomic E-state index is 11.4. The van der Waals surface area contributed by atoms with Gasteiger partial charge in [-0.2, -0.15) is 0 Å². The van der Waals surface area contributed by atoms with Crippen molar-refractivity contribution in [3.63, 3.8) is 0 Å². The predicted octanol–water partition coefficient (Wildman–Crippen LogP) is 0.747. The predicted molar refractivity (Wildman–Crippen MR) is 96.4 cm³/mol. The Balaban J connectivity index is -0.000000474. The second-order valence-electron chi connectivity index (χ2n) is 4.96. The molecule has 0 radical (unpaired) electrons. The number of nitrogens with one attached hydrogen (secondary N) is 2. The van der Waals surface area contributed by atoms with Gasteiger partial charge in [0.2, 0.25) is 0 Å². The van der Waals surface area contributed by atoms with Gasteiger partial charge < -0.3 is 20.2 Å². The van der Waals surface area contributed by atoms with Crippen molar-refractivity contribution in [2.75, 3.05) is 20.1 Å². The van der Waals surface area contributed by atoms with Crippen LogP contribution in [0.1, 0.15) is 65.7 Å². The van der Waals surface area contributed by atoms with Gasteiger partial charge in [-0.15, -0.1) is 6.54 Å². The first-order chi connectivity index (χ1) is 11.2. The molecule has 136 valence electrons. The van der Waals surface area contributed by atoms with Crippen molar-refractivity contribution in [1.82, 2.24) is 10.6 Å². The van der Waals surface area contributed by atoms with E-state index in [0.717, 1.165) is 32.1 Å². The molecular weight excluding hydrogens is 331 g/mol. The molecule has 0 aromatic heterocycles. The third-order valence-electron chi connectivity index (χ3n) is 3.02. The van der Waals surface area contributed by atoms with Crippen LogP contribution >= 0.6 is 0 Å². The zero-order chi connectivity index (χ0) is 17.8. The SMILES string of the molecule is CC.CCCCNC(=O)OC1/C=C/CCCCC1.CNC[C-]=O.[K+]. The summed E-state index contributed by atoms with van der Waals surface area (Å²) >= 11 is 0. The van der Waals surface area contributed by atoms with Gasteiger partial charge in [-0.1, -0.05) is 39.7 Å². The summed E-state index contributed by atoms with van der Waals surface area (Å²) in [4.78, 5) is 20.6.